The highest BCUT2D eigenvalue weighted by molar-refractivity contribution is 5.45. The van der Waals surface area contributed by atoms with Gasteiger partial charge in [-0.2, -0.15) is 0 Å². The fraction of sp³-hybridized carbons (Fsp3) is 0.500. The summed E-state index contributed by atoms with van der Waals surface area (Å²) in [5, 5.41) is 11.7. The van der Waals surface area contributed by atoms with Gasteiger partial charge in [0.15, 0.2) is 11.5 Å². The molecule has 2 unspecified atom stereocenters. The van der Waals surface area contributed by atoms with Crippen molar-refractivity contribution in [1.82, 2.24) is 4.90 Å². The minimum absolute atomic E-state index is 0.425. The molecule has 0 amide bonds. The zero-order valence-electron chi connectivity index (χ0n) is 16.3. The quantitative estimate of drug-likeness (QED) is 0.866. The molecule has 3 aliphatic rings. The molecule has 3 heterocycles. The predicted molar refractivity (Wildman–Crippen MR) is 109 cm³/mol. The van der Waals surface area contributed by atoms with Gasteiger partial charge in [0.2, 0.25) is 0 Å². The van der Waals surface area contributed by atoms with Gasteiger partial charge in [-0.05, 0) is 48.9 Å². The third-order valence-corrected chi connectivity index (χ3v) is 6.65. The van der Waals surface area contributed by atoms with E-state index in [-0.39, 0.29) is 0 Å². The van der Waals surface area contributed by atoms with Gasteiger partial charge in [-0.1, -0.05) is 42.8 Å². The number of nitrogens with zero attached hydrogens (tertiary/aromatic N) is 1. The van der Waals surface area contributed by atoms with Crippen LogP contribution in [0.1, 0.15) is 49.7 Å². The number of rotatable bonds is 3. The Bertz CT molecular complexity index is 808. The van der Waals surface area contributed by atoms with Gasteiger partial charge in [0.1, 0.15) is 0 Å². The number of ether oxygens (including phenoxy) is 2. The van der Waals surface area contributed by atoms with Crippen molar-refractivity contribution in [2.75, 3.05) is 13.2 Å². The molecule has 0 radical (unpaired) electrons. The molecule has 0 aliphatic carbocycles. The summed E-state index contributed by atoms with van der Waals surface area (Å²) in [5.74, 6) is 1.58. The van der Waals surface area contributed by atoms with Crippen molar-refractivity contribution in [3.05, 3.63) is 59.7 Å². The number of hydrogen-bond acceptors (Lipinski definition) is 4. The molecule has 2 saturated heterocycles. The van der Waals surface area contributed by atoms with Crippen LogP contribution in [-0.2, 0) is 12.1 Å². The van der Waals surface area contributed by atoms with E-state index < -0.39 is 5.60 Å². The van der Waals surface area contributed by atoms with Crippen LogP contribution in [0.15, 0.2) is 48.5 Å². The van der Waals surface area contributed by atoms with Crippen LogP contribution in [0.3, 0.4) is 0 Å². The summed E-state index contributed by atoms with van der Waals surface area (Å²) in [6.45, 7) is 2.34. The zero-order valence-corrected chi connectivity index (χ0v) is 16.3. The minimum atomic E-state index is -0.784. The van der Waals surface area contributed by atoms with Gasteiger partial charge in [-0.3, -0.25) is 4.90 Å². The molecule has 0 saturated carbocycles. The molecule has 3 aliphatic heterocycles. The Hall–Kier alpha value is -2.04. The average Bonchev–Trinajstić information content (AvgIpc) is 2.94. The summed E-state index contributed by atoms with van der Waals surface area (Å²) in [5.41, 5.74) is 1.56. The van der Waals surface area contributed by atoms with E-state index >= 15 is 0 Å². The van der Waals surface area contributed by atoms with E-state index in [1.165, 1.54) is 12.0 Å². The van der Waals surface area contributed by atoms with Crippen molar-refractivity contribution in [2.45, 2.75) is 62.8 Å². The minimum Gasteiger partial charge on any atom is -0.490 e. The third-order valence-electron chi connectivity index (χ3n) is 6.65. The van der Waals surface area contributed by atoms with Crippen molar-refractivity contribution >= 4 is 0 Å². The van der Waals surface area contributed by atoms with E-state index in [0.717, 1.165) is 55.7 Å². The molecule has 2 fully saturated rings. The molecular weight excluding hydrogens is 350 g/mol. The lowest BCUT2D eigenvalue weighted by Crippen LogP contribution is -2.56. The predicted octanol–water partition coefficient (Wildman–Crippen LogP) is 4.25. The van der Waals surface area contributed by atoms with E-state index in [1.54, 1.807) is 0 Å². The molecule has 2 aromatic rings. The fourth-order valence-corrected chi connectivity index (χ4v) is 5.26. The summed E-state index contributed by atoms with van der Waals surface area (Å²) in [6.07, 6.45) is 6.06. The van der Waals surface area contributed by atoms with Gasteiger partial charge in [0.05, 0.1) is 18.8 Å². The SMILES string of the molecule is OC1(c2ccc3c(c2)OCCCO3)CC2CCCC(C1)N2Cc1ccccc1. The molecule has 1 N–H and O–H groups in total. The van der Waals surface area contributed by atoms with E-state index in [9.17, 15) is 5.11 Å². The Morgan fingerprint density at radius 3 is 2.36 bits per heavy atom. The Morgan fingerprint density at radius 2 is 1.61 bits per heavy atom. The van der Waals surface area contributed by atoms with E-state index in [4.69, 9.17) is 9.47 Å². The van der Waals surface area contributed by atoms with Crippen LogP contribution in [0.4, 0.5) is 0 Å². The average molecular weight is 380 g/mol. The first-order valence-electron chi connectivity index (χ1n) is 10.6. The van der Waals surface area contributed by atoms with Crippen LogP contribution < -0.4 is 9.47 Å². The molecule has 2 atom stereocenters. The summed E-state index contributed by atoms with van der Waals surface area (Å²) in [6, 6.07) is 17.6. The van der Waals surface area contributed by atoms with Crippen molar-refractivity contribution in [2.24, 2.45) is 0 Å². The molecular formula is C24H29NO3. The number of piperidine rings is 2. The number of fused-ring (bicyclic) bond motifs is 3. The van der Waals surface area contributed by atoms with Gasteiger partial charge < -0.3 is 14.6 Å². The lowest BCUT2D eigenvalue weighted by atomic mass is 9.72. The van der Waals surface area contributed by atoms with Crippen LogP contribution in [0, 0.1) is 0 Å². The molecule has 5 rings (SSSR count). The monoisotopic (exact) mass is 379 g/mol. The number of hydrogen-bond donors (Lipinski definition) is 1. The van der Waals surface area contributed by atoms with E-state index in [2.05, 4.69) is 35.2 Å². The van der Waals surface area contributed by atoms with Gasteiger partial charge >= 0.3 is 0 Å². The smallest absolute Gasteiger partial charge is 0.161 e. The highest BCUT2D eigenvalue weighted by atomic mass is 16.5. The standard InChI is InChI=1S/C24H29NO3/c26-24(19-10-11-22-23(14-19)28-13-5-12-27-22)15-20-8-4-9-21(16-24)25(20)17-18-6-2-1-3-7-18/h1-3,6-7,10-11,14,20-21,26H,4-5,8-9,12-13,15-17H2. The molecule has 0 aromatic heterocycles. The first-order chi connectivity index (χ1) is 13.7. The van der Waals surface area contributed by atoms with Crippen LogP contribution in [0.5, 0.6) is 11.5 Å². The van der Waals surface area contributed by atoms with Crippen LogP contribution in [0.25, 0.3) is 0 Å². The Labute approximate surface area is 167 Å². The maximum atomic E-state index is 11.7. The Kier molecular flexibility index (Phi) is 4.77. The summed E-state index contributed by atoms with van der Waals surface area (Å²) < 4.78 is 11.6. The van der Waals surface area contributed by atoms with Gasteiger partial charge in [0, 0.05) is 25.0 Å². The summed E-state index contributed by atoms with van der Waals surface area (Å²) >= 11 is 0. The topological polar surface area (TPSA) is 41.9 Å². The first kappa shape index (κ1) is 18.0. The second kappa shape index (κ2) is 7.41. The van der Waals surface area contributed by atoms with E-state index in [0.29, 0.717) is 25.3 Å². The maximum Gasteiger partial charge on any atom is 0.161 e. The molecule has 2 bridgehead atoms. The fourth-order valence-electron chi connectivity index (χ4n) is 5.26. The van der Waals surface area contributed by atoms with Gasteiger partial charge in [-0.25, -0.2) is 0 Å². The van der Waals surface area contributed by atoms with Crippen molar-refractivity contribution in [1.29, 1.82) is 0 Å². The first-order valence-corrected chi connectivity index (χ1v) is 10.6. The molecule has 2 aromatic carbocycles. The third kappa shape index (κ3) is 3.40. The summed E-state index contributed by atoms with van der Waals surface area (Å²) in [4.78, 5) is 2.64. The van der Waals surface area contributed by atoms with Crippen molar-refractivity contribution < 1.29 is 14.6 Å². The van der Waals surface area contributed by atoms with Crippen LogP contribution in [-0.4, -0.2) is 35.3 Å². The number of aliphatic hydroxyl groups is 1. The van der Waals surface area contributed by atoms with Crippen LogP contribution >= 0.6 is 0 Å². The van der Waals surface area contributed by atoms with Crippen molar-refractivity contribution in [3.8, 4) is 11.5 Å². The van der Waals surface area contributed by atoms with Gasteiger partial charge in [-0.15, -0.1) is 0 Å². The van der Waals surface area contributed by atoms with Crippen LogP contribution in [0.2, 0.25) is 0 Å². The lowest BCUT2D eigenvalue weighted by Gasteiger charge is -2.52. The van der Waals surface area contributed by atoms with Gasteiger partial charge in [0.25, 0.3) is 0 Å². The normalized spacial score (nSPS) is 29.9. The lowest BCUT2D eigenvalue weighted by molar-refractivity contribution is -0.1000. The second-order valence-corrected chi connectivity index (χ2v) is 8.55. The highest BCUT2D eigenvalue weighted by Gasteiger charge is 2.46. The largest absolute Gasteiger partial charge is 0.490 e. The Balaban J connectivity index is 1.39. The highest BCUT2D eigenvalue weighted by Crippen LogP contribution is 2.46. The number of benzene rings is 2. The summed E-state index contributed by atoms with van der Waals surface area (Å²) in [7, 11) is 0. The molecule has 148 valence electrons. The Morgan fingerprint density at radius 1 is 0.893 bits per heavy atom. The zero-order chi connectivity index (χ0) is 19.0. The molecule has 28 heavy (non-hydrogen) atoms. The molecule has 0 spiro atoms. The van der Waals surface area contributed by atoms with E-state index in [1.807, 2.05) is 18.2 Å². The molecule has 4 nitrogen and oxygen atoms in total. The maximum absolute atomic E-state index is 11.7. The van der Waals surface area contributed by atoms with Crippen molar-refractivity contribution in [3.63, 3.8) is 0 Å². The second-order valence-electron chi connectivity index (χ2n) is 8.55. The molecule has 4 heteroatoms.